The number of rotatable bonds is 4. The summed E-state index contributed by atoms with van der Waals surface area (Å²) in [5.41, 5.74) is 2.52. The fraction of sp³-hybridized carbons (Fsp3) is 0.125. The second-order valence-corrected chi connectivity index (χ2v) is 4.33. The number of imidazole rings is 1. The highest BCUT2D eigenvalue weighted by molar-refractivity contribution is 5.70. The molecule has 0 bridgehead atoms. The minimum absolute atomic E-state index is 0.225. The van der Waals surface area contributed by atoms with E-state index in [1.54, 1.807) is 25.7 Å². The van der Waals surface area contributed by atoms with Crippen molar-refractivity contribution in [2.45, 2.75) is 0 Å². The van der Waals surface area contributed by atoms with Gasteiger partial charge in [0.1, 0.15) is 30.1 Å². The number of fused-ring (bicyclic) bond motifs is 1. The van der Waals surface area contributed by atoms with Crippen LogP contribution in [0.15, 0.2) is 43.0 Å². The first-order valence-corrected chi connectivity index (χ1v) is 6.35. The summed E-state index contributed by atoms with van der Waals surface area (Å²) >= 11 is 0. The van der Waals surface area contributed by atoms with Gasteiger partial charge in [0.25, 0.3) is 0 Å². The highest BCUT2D eigenvalue weighted by Crippen LogP contribution is 2.32. The summed E-state index contributed by atoms with van der Waals surface area (Å²) in [6, 6.07) is 7.40. The molecule has 0 saturated heterocycles. The van der Waals surface area contributed by atoms with Crippen LogP contribution in [0.2, 0.25) is 0 Å². The molecule has 5 nitrogen and oxygen atoms in total. The number of terminal acetylenes is 1. The van der Waals surface area contributed by atoms with E-state index in [9.17, 15) is 0 Å². The first-order valence-electron chi connectivity index (χ1n) is 6.35. The highest BCUT2D eigenvalue weighted by atomic mass is 16.5. The van der Waals surface area contributed by atoms with Gasteiger partial charge in [0, 0.05) is 24.0 Å². The summed E-state index contributed by atoms with van der Waals surface area (Å²) < 4.78 is 12.7. The van der Waals surface area contributed by atoms with Crippen molar-refractivity contribution in [1.82, 2.24) is 14.4 Å². The normalized spacial score (nSPS) is 10.3. The van der Waals surface area contributed by atoms with Crippen LogP contribution >= 0.6 is 0 Å². The summed E-state index contributed by atoms with van der Waals surface area (Å²) in [5.74, 6) is 3.78. The van der Waals surface area contributed by atoms with Gasteiger partial charge in [-0.25, -0.2) is 9.97 Å². The molecule has 3 rings (SSSR count). The highest BCUT2D eigenvalue weighted by Gasteiger charge is 2.11. The number of hydrogen-bond acceptors (Lipinski definition) is 4. The number of ether oxygens (including phenoxy) is 2. The van der Waals surface area contributed by atoms with E-state index in [0.717, 1.165) is 16.9 Å². The van der Waals surface area contributed by atoms with Gasteiger partial charge in [-0.3, -0.25) is 4.40 Å². The Morgan fingerprint density at radius 1 is 1.33 bits per heavy atom. The third-order valence-corrected chi connectivity index (χ3v) is 3.03. The molecule has 3 aromatic rings. The van der Waals surface area contributed by atoms with Crippen molar-refractivity contribution in [2.75, 3.05) is 13.7 Å². The molecule has 0 unspecified atom stereocenters. The number of nitrogens with zero attached hydrogens (tertiary/aromatic N) is 3. The van der Waals surface area contributed by atoms with Crippen LogP contribution in [0.3, 0.4) is 0 Å². The monoisotopic (exact) mass is 279 g/mol. The van der Waals surface area contributed by atoms with Crippen LogP contribution < -0.4 is 9.47 Å². The molecule has 0 aliphatic carbocycles. The number of benzene rings is 1. The quantitative estimate of drug-likeness (QED) is 0.688. The van der Waals surface area contributed by atoms with Crippen LogP contribution in [-0.4, -0.2) is 28.1 Å². The molecule has 5 heteroatoms. The lowest BCUT2D eigenvalue weighted by molar-refractivity contribution is 0.363. The maximum absolute atomic E-state index is 5.42. The van der Waals surface area contributed by atoms with Crippen molar-refractivity contribution in [3.8, 4) is 35.1 Å². The van der Waals surface area contributed by atoms with E-state index in [0.29, 0.717) is 11.5 Å². The Balaban J connectivity index is 2.03. The largest absolute Gasteiger partial charge is 0.496 e. The zero-order chi connectivity index (χ0) is 14.7. The molecule has 0 radical (unpaired) electrons. The Morgan fingerprint density at radius 3 is 3.00 bits per heavy atom. The van der Waals surface area contributed by atoms with Crippen molar-refractivity contribution in [1.29, 1.82) is 0 Å². The van der Waals surface area contributed by atoms with E-state index >= 15 is 0 Å². The van der Waals surface area contributed by atoms with Crippen molar-refractivity contribution < 1.29 is 9.47 Å². The van der Waals surface area contributed by atoms with E-state index in [4.69, 9.17) is 15.9 Å². The zero-order valence-electron chi connectivity index (χ0n) is 11.5. The van der Waals surface area contributed by atoms with Crippen molar-refractivity contribution in [2.24, 2.45) is 0 Å². The average molecular weight is 279 g/mol. The molecule has 2 heterocycles. The van der Waals surface area contributed by atoms with Crippen LogP contribution in [0.1, 0.15) is 0 Å². The zero-order valence-corrected chi connectivity index (χ0v) is 11.5. The van der Waals surface area contributed by atoms with Gasteiger partial charge < -0.3 is 9.47 Å². The summed E-state index contributed by atoms with van der Waals surface area (Å²) in [4.78, 5) is 8.62. The van der Waals surface area contributed by atoms with Crippen LogP contribution in [0.4, 0.5) is 0 Å². The van der Waals surface area contributed by atoms with Gasteiger partial charge >= 0.3 is 0 Å². The summed E-state index contributed by atoms with van der Waals surface area (Å²) in [6.07, 6.45) is 10.5. The smallest absolute Gasteiger partial charge is 0.148 e. The van der Waals surface area contributed by atoms with Gasteiger partial charge in [0.15, 0.2) is 0 Å². The molecular formula is C16H13N3O2. The van der Waals surface area contributed by atoms with Crippen LogP contribution in [0.25, 0.3) is 16.9 Å². The minimum atomic E-state index is 0.225. The Labute approximate surface area is 122 Å². The van der Waals surface area contributed by atoms with Gasteiger partial charge in [-0.1, -0.05) is 5.92 Å². The Kier molecular flexibility index (Phi) is 3.44. The van der Waals surface area contributed by atoms with Crippen LogP contribution in [0, 0.1) is 12.3 Å². The third-order valence-electron chi connectivity index (χ3n) is 3.03. The summed E-state index contributed by atoms with van der Waals surface area (Å²) in [6.45, 7) is 0.225. The second-order valence-electron chi connectivity index (χ2n) is 4.33. The minimum Gasteiger partial charge on any atom is -0.496 e. The number of aromatic nitrogens is 3. The van der Waals surface area contributed by atoms with E-state index < -0.39 is 0 Å². The Hall–Kier alpha value is -3.00. The van der Waals surface area contributed by atoms with Crippen molar-refractivity contribution >= 4 is 5.65 Å². The molecule has 0 atom stereocenters. The van der Waals surface area contributed by atoms with Gasteiger partial charge in [-0.15, -0.1) is 6.42 Å². The van der Waals surface area contributed by atoms with E-state index in [-0.39, 0.29) is 6.61 Å². The lowest BCUT2D eigenvalue weighted by atomic mass is 10.1. The van der Waals surface area contributed by atoms with Crippen LogP contribution in [-0.2, 0) is 0 Å². The average Bonchev–Trinajstić information content (AvgIpc) is 2.96. The van der Waals surface area contributed by atoms with Gasteiger partial charge in [-0.05, 0) is 18.2 Å². The number of hydrogen-bond donors (Lipinski definition) is 0. The molecule has 0 aliphatic rings. The lowest BCUT2D eigenvalue weighted by Gasteiger charge is -2.09. The maximum atomic E-state index is 5.42. The molecule has 0 saturated carbocycles. The van der Waals surface area contributed by atoms with E-state index in [1.807, 2.05) is 28.8 Å². The molecule has 21 heavy (non-hydrogen) atoms. The first kappa shape index (κ1) is 13.0. The predicted octanol–water partition coefficient (Wildman–Crippen LogP) is 2.42. The standard InChI is InChI=1S/C16H13N3O2/c1-3-8-21-12-4-5-13(15(9-12)20-2)14-10-19-11-17-7-6-16(19)18-14/h1,4-7,9-11H,8H2,2H3. The second kappa shape index (κ2) is 5.55. The first-order chi connectivity index (χ1) is 10.3. The third kappa shape index (κ3) is 2.51. The number of methoxy groups -OCH3 is 1. The molecule has 0 N–H and O–H groups in total. The van der Waals surface area contributed by atoms with Gasteiger partial charge in [0.05, 0.1) is 12.8 Å². The summed E-state index contributed by atoms with van der Waals surface area (Å²) in [7, 11) is 1.61. The van der Waals surface area contributed by atoms with Crippen molar-refractivity contribution in [3.05, 3.63) is 43.0 Å². The molecule has 0 aliphatic heterocycles. The Morgan fingerprint density at radius 2 is 2.24 bits per heavy atom. The fourth-order valence-corrected chi connectivity index (χ4v) is 2.07. The molecule has 0 spiro atoms. The topological polar surface area (TPSA) is 48.7 Å². The van der Waals surface area contributed by atoms with E-state index in [2.05, 4.69) is 15.9 Å². The molecular weight excluding hydrogens is 266 g/mol. The maximum Gasteiger partial charge on any atom is 0.148 e. The van der Waals surface area contributed by atoms with Gasteiger partial charge in [0.2, 0.25) is 0 Å². The molecule has 104 valence electrons. The predicted molar refractivity (Wildman–Crippen MR) is 79.3 cm³/mol. The molecule has 0 fully saturated rings. The van der Waals surface area contributed by atoms with Gasteiger partial charge in [-0.2, -0.15) is 0 Å². The molecule has 2 aromatic heterocycles. The van der Waals surface area contributed by atoms with Crippen LogP contribution in [0.5, 0.6) is 11.5 Å². The SMILES string of the molecule is C#CCOc1ccc(-c2cn3cnccc3n2)c(OC)c1. The molecule has 1 aromatic carbocycles. The fourth-order valence-electron chi connectivity index (χ4n) is 2.07. The van der Waals surface area contributed by atoms with Crippen molar-refractivity contribution in [3.63, 3.8) is 0 Å². The molecule has 0 amide bonds. The summed E-state index contributed by atoms with van der Waals surface area (Å²) in [5, 5.41) is 0. The Bertz CT molecular complexity index is 785. The van der Waals surface area contributed by atoms with E-state index in [1.165, 1.54) is 0 Å². The lowest BCUT2D eigenvalue weighted by Crippen LogP contribution is -1.95.